The van der Waals surface area contributed by atoms with Crippen molar-refractivity contribution in [2.24, 2.45) is 0 Å². The zero-order chi connectivity index (χ0) is 12.8. The van der Waals surface area contributed by atoms with E-state index in [-0.39, 0.29) is 5.38 Å². The largest absolute Gasteiger partial charge is 0.311 e. The molecule has 0 radical (unpaired) electrons. The third kappa shape index (κ3) is 4.13. The molecule has 1 N–H and O–H groups in total. The maximum Gasteiger partial charge on any atom is 0.0709 e. The van der Waals surface area contributed by atoms with Crippen LogP contribution >= 0.6 is 27.5 Å². The maximum absolute atomic E-state index is 6.33. The Morgan fingerprint density at radius 2 is 1.67 bits per heavy atom. The van der Waals surface area contributed by atoms with E-state index in [1.54, 1.807) is 0 Å². The van der Waals surface area contributed by atoms with Crippen LogP contribution in [0.1, 0.15) is 16.5 Å². The van der Waals surface area contributed by atoms with Crippen molar-refractivity contribution in [3.63, 3.8) is 0 Å². The molecule has 0 spiro atoms. The van der Waals surface area contributed by atoms with Gasteiger partial charge < -0.3 is 5.32 Å². The van der Waals surface area contributed by atoms with Crippen molar-refractivity contribution < 1.29 is 0 Å². The third-order valence-electron chi connectivity index (χ3n) is 2.73. The van der Waals surface area contributed by atoms with Crippen molar-refractivity contribution in [1.82, 2.24) is 5.32 Å². The fourth-order valence-corrected chi connectivity index (χ4v) is 2.24. The lowest BCUT2D eigenvalue weighted by atomic mass is 10.1. The molecule has 0 aliphatic heterocycles. The van der Waals surface area contributed by atoms with Crippen molar-refractivity contribution in [3.05, 3.63) is 70.2 Å². The zero-order valence-corrected chi connectivity index (χ0v) is 12.3. The lowest BCUT2D eigenvalue weighted by Crippen LogP contribution is -2.18. The van der Waals surface area contributed by atoms with E-state index in [4.69, 9.17) is 11.6 Å². The highest BCUT2D eigenvalue weighted by Crippen LogP contribution is 2.18. The number of alkyl halides is 1. The lowest BCUT2D eigenvalue weighted by molar-refractivity contribution is 0.674. The van der Waals surface area contributed by atoms with E-state index in [9.17, 15) is 0 Å². The molecule has 0 saturated heterocycles. The molecule has 18 heavy (non-hydrogen) atoms. The molecule has 1 atom stereocenters. The molecule has 3 heteroatoms. The van der Waals surface area contributed by atoms with Crippen LogP contribution in [0.5, 0.6) is 0 Å². The Labute approximate surface area is 121 Å². The molecule has 0 amide bonds. The number of hydrogen-bond donors (Lipinski definition) is 1. The number of rotatable bonds is 5. The standard InChI is InChI=1S/C15H15BrClN/c16-14-8-6-12(7-9-14)10-18-11-15(17)13-4-2-1-3-5-13/h1-9,15,18H,10-11H2. The topological polar surface area (TPSA) is 12.0 Å². The molecular formula is C15H15BrClN. The molecule has 1 nitrogen and oxygen atoms in total. The van der Waals surface area contributed by atoms with Crippen molar-refractivity contribution in [1.29, 1.82) is 0 Å². The van der Waals surface area contributed by atoms with Gasteiger partial charge in [0.2, 0.25) is 0 Å². The first-order valence-corrected chi connectivity index (χ1v) is 7.13. The van der Waals surface area contributed by atoms with Gasteiger partial charge in [0.05, 0.1) is 5.38 Å². The summed E-state index contributed by atoms with van der Waals surface area (Å²) >= 11 is 9.75. The number of hydrogen-bond acceptors (Lipinski definition) is 1. The van der Waals surface area contributed by atoms with Gasteiger partial charge in [-0.3, -0.25) is 0 Å². The van der Waals surface area contributed by atoms with Gasteiger partial charge in [-0.05, 0) is 23.3 Å². The number of nitrogens with one attached hydrogen (secondary N) is 1. The second kappa shape index (κ2) is 6.93. The second-order valence-electron chi connectivity index (χ2n) is 4.14. The lowest BCUT2D eigenvalue weighted by Gasteiger charge is -2.11. The monoisotopic (exact) mass is 323 g/mol. The Morgan fingerprint density at radius 3 is 2.33 bits per heavy atom. The van der Waals surface area contributed by atoms with Gasteiger partial charge in [0, 0.05) is 17.6 Å². The molecule has 0 aliphatic rings. The molecule has 94 valence electrons. The molecule has 0 aromatic heterocycles. The second-order valence-corrected chi connectivity index (χ2v) is 5.58. The Bertz CT molecular complexity index is 470. The summed E-state index contributed by atoms with van der Waals surface area (Å²) in [6.07, 6.45) is 0. The summed E-state index contributed by atoms with van der Waals surface area (Å²) in [5.41, 5.74) is 2.41. The average molecular weight is 325 g/mol. The van der Waals surface area contributed by atoms with E-state index < -0.39 is 0 Å². The fraction of sp³-hybridized carbons (Fsp3) is 0.200. The van der Waals surface area contributed by atoms with Crippen LogP contribution in [-0.2, 0) is 6.54 Å². The summed E-state index contributed by atoms with van der Waals surface area (Å²) in [7, 11) is 0. The van der Waals surface area contributed by atoms with Crippen LogP contribution in [0.2, 0.25) is 0 Å². The zero-order valence-electron chi connectivity index (χ0n) is 9.94. The Balaban J connectivity index is 1.80. The third-order valence-corrected chi connectivity index (χ3v) is 3.66. The van der Waals surface area contributed by atoms with Crippen LogP contribution in [0, 0.1) is 0 Å². The molecule has 2 aromatic carbocycles. The minimum absolute atomic E-state index is 0.0154. The van der Waals surface area contributed by atoms with Gasteiger partial charge in [0.25, 0.3) is 0 Å². The SMILES string of the molecule is ClC(CNCc1ccc(Br)cc1)c1ccccc1. The summed E-state index contributed by atoms with van der Waals surface area (Å²) < 4.78 is 1.10. The summed E-state index contributed by atoms with van der Waals surface area (Å²) in [4.78, 5) is 0. The summed E-state index contributed by atoms with van der Waals surface area (Å²) in [6, 6.07) is 18.4. The minimum Gasteiger partial charge on any atom is -0.311 e. The Morgan fingerprint density at radius 1 is 1.00 bits per heavy atom. The van der Waals surface area contributed by atoms with Gasteiger partial charge >= 0.3 is 0 Å². The maximum atomic E-state index is 6.33. The van der Waals surface area contributed by atoms with Gasteiger partial charge in [0.15, 0.2) is 0 Å². The predicted octanol–water partition coefficient (Wildman–Crippen LogP) is 4.52. The highest BCUT2D eigenvalue weighted by Gasteiger charge is 2.06. The highest BCUT2D eigenvalue weighted by atomic mass is 79.9. The molecule has 0 saturated carbocycles. The van der Waals surface area contributed by atoms with E-state index in [2.05, 4.69) is 45.5 Å². The van der Waals surface area contributed by atoms with E-state index in [0.29, 0.717) is 0 Å². The van der Waals surface area contributed by atoms with Crippen LogP contribution in [0.25, 0.3) is 0 Å². The molecule has 0 heterocycles. The predicted molar refractivity (Wildman–Crippen MR) is 80.9 cm³/mol. The van der Waals surface area contributed by atoms with Crippen LogP contribution in [-0.4, -0.2) is 6.54 Å². The molecule has 0 bridgehead atoms. The van der Waals surface area contributed by atoms with E-state index in [1.165, 1.54) is 5.56 Å². The van der Waals surface area contributed by atoms with Crippen molar-refractivity contribution in [2.75, 3.05) is 6.54 Å². The first-order chi connectivity index (χ1) is 8.75. The number of benzene rings is 2. The Kier molecular flexibility index (Phi) is 5.24. The Hall–Kier alpha value is -0.830. The summed E-state index contributed by atoms with van der Waals surface area (Å²) in [5.74, 6) is 0. The molecule has 0 fully saturated rings. The minimum atomic E-state index is 0.0154. The van der Waals surface area contributed by atoms with Crippen molar-refractivity contribution in [2.45, 2.75) is 11.9 Å². The molecule has 2 aromatic rings. The van der Waals surface area contributed by atoms with Crippen LogP contribution < -0.4 is 5.32 Å². The van der Waals surface area contributed by atoms with Crippen molar-refractivity contribution >= 4 is 27.5 Å². The molecule has 0 aliphatic carbocycles. The van der Waals surface area contributed by atoms with Gasteiger partial charge in [-0.2, -0.15) is 0 Å². The van der Waals surface area contributed by atoms with E-state index in [0.717, 1.165) is 23.1 Å². The first-order valence-electron chi connectivity index (χ1n) is 5.90. The smallest absolute Gasteiger partial charge is 0.0709 e. The average Bonchev–Trinajstić information content (AvgIpc) is 2.42. The fourth-order valence-electron chi connectivity index (χ4n) is 1.73. The van der Waals surface area contributed by atoms with E-state index >= 15 is 0 Å². The van der Waals surface area contributed by atoms with Crippen LogP contribution in [0.3, 0.4) is 0 Å². The summed E-state index contributed by atoms with van der Waals surface area (Å²) in [6.45, 7) is 1.60. The highest BCUT2D eigenvalue weighted by molar-refractivity contribution is 9.10. The van der Waals surface area contributed by atoms with Crippen LogP contribution in [0.15, 0.2) is 59.1 Å². The van der Waals surface area contributed by atoms with Gasteiger partial charge in [0.1, 0.15) is 0 Å². The first kappa shape index (κ1) is 13.6. The molecular weight excluding hydrogens is 310 g/mol. The van der Waals surface area contributed by atoms with Crippen molar-refractivity contribution in [3.8, 4) is 0 Å². The molecule has 2 rings (SSSR count). The summed E-state index contributed by atoms with van der Waals surface area (Å²) in [5, 5.41) is 3.39. The molecule has 1 unspecified atom stereocenters. The normalized spacial score (nSPS) is 12.3. The van der Waals surface area contributed by atoms with Gasteiger partial charge in [-0.1, -0.05) is 58.4 Å². The van der Waals surface area contributed by atoms with E-state index in [1.807, 2.05) is 30.3 Å². The van der Waals surface area contributed by atoms with Gasteiger partial charge in [-0.15, -0.1) is 11.6 Å². The quantitative estimate of drug-likeness (QED) is 0.797. The number of halogens is 2. The van der Waals surface area contributed by atoms with Gasteiger partial charge in [-0.25, -0.2) is 0 Å². The van der Waals surface area contributed by atoms with Crippen LogP contribution in [0.4, 0.5) is 0 Å².